The Kier molecular flexibility index (Phi) is 9.03. The zero-order valence-electron chi connectivity index (χ0n) is 20.2. The Bertz CT molecular complexity index is 1240. The van der Waals surface area contributed by atoms with Crippen molar-refractivity contribution in [2.24, 2.45) is 4.99 Å². The largest absolute Gasteiger partial charge is 0.357 e. The molecule has 9 heteroatoms. The summed E-state index contributed by atoms with van der Waals surface area (Å²) in [6, 6.07) is 14.4. The lowest BCUT2D eigenvalue weighted by atomic mass is 10.3. The predicted octanol–water partition coefficient (Wildman–Crippen LogP) is 4.31. The number of benzene rings is 1. The minimum Gasteiger partial charge on any atom is -0.357 e. The predicted molar refractivity (Wildman–Crippen MR) is 148 cm³/mol. The Morgan fingerprint density at radius 3 is 2.59 bits per heavy atom. The highest BCUT2D eigenvalue weighted by Crippen LogP contribution is 2.15. The third-order valence-electron chi connectivity index (χ3n) is 5.50. The van der Waals surface area contributed by atoms with Gasteiger partial charge in [0, 0.05) is 31.5 Å². The summed E-state index contributed by atoms with van der Waals surface area (Å²) in [6.45, 7) is 11.3. The molecule has 0 saturated heterocycles. The van der Waals surface area contributed by atoms with Crippen molar-refractivity contribution in [2.45, 2.75) is 47.2 Å². The molecule has 0 aliphatic rings. The molecule has 4 aromatic rings. The molecule has 8 nitrogen and oxygen atoms in total. The van der Waals surface area contributed by atoms with Crippen LogP contribution in [0.25, 0.3) is 16.9 Å². The van der Waals surface area contributed by atoms with Crippen LogP contribution in [-0.4, -0.2) is 43.4 Å². The zero-order chi connectivity index (χ0) is 23.2. The molecule has 2 N–H and O–H groups in total. The van der Waals surface area contributed by atoms with E-state index in [-0.39, 0.29) is 24.0 Å². The standard InChI is InChI=1S/C25H32N8.HI/c1-5-26-25(27-13-8-14-32-20(4)30-22-9-6-7-10-23(22)32)29-17-21-11-12-24(28-16-21)33-19(3)15-18(2)31-33;/h6-7,9-12,15-16H,5,8,13-14,17H2,1-4H3,(H2,26,27,29);1H. The molecule has 0 spiro atoms. The summed E-state index contributed by atoms with van der Waals surface area (Å²) in [6.07, 6.45) is 2.84. The van der Waals surface area contributed by atoms with E-state index in [1.165, 1.54) is 5.52 Å². The molecule has 3 aromatic heterocycles. The summed E-state index contributed by atoms with van der Waals surface area (Å²) in [5.74, 6) is 2.68. The van der Waals surface area contributed by atoms with Crippen molar-refractivity contribution in [2.75, 3.05) is 13.1 Å². The number of rotatable bonds is 8. The average Bonchev–Trinajstić information content (AvgIpc) is 3.32. The van der Waals surface area contributed by atoms with Crippen molar-refractivity contribution >= 4 is 41.0 Å². The zero-order valence-corrected chi connectivity index (χ0v) is 22.6. The van der Waals surface area contributed by atoms with Gasteiger partial charge in [0.1, 0.15) is 5.82 Å². The lowest BCUT2D eigenvalue weighted by molar-refractivity contribution is 0.624. The first-order chi connectivity index (χ1) is 16.0. The van der Waals surface area contributed by atoms with Crippen LogP contribution in [0.3, 0.4) is 0 Å². The fourth-order valence-electron chi connectivity index (χ4n) is 3.93. The van der Waals surface area contributed by atoms with E-state index in [1.807, 2.05) is 42.9 Å². The quantitative estimate of drug-likeness (QED) is 0.142. The van der Waals surface area contributed by atoms with Gasteiger partial charge in [0.2, 0.25) is 0 Å². The lowest BCUT2D eigenvalue weighted by Crippen LogP contribution is -2.38. The second kappa shape index (κ2) is 12.0. The number of para-hydroxylation sites is 2. The number of aliphatic imine (C=N–C) groups is 1. The van der Waals surface area contributed by atoms with Gasteiger partial charge in [0.15, 0.2) is 11.8 Å². The van der Waals surface area contributed by atoms with Crippen molar-refractivity contribution < 1.29 is 0 Å². The van der Waals surface area contributed by atoms with Gasteiger partial charge >= 0.3 is 0 Å². The Balaban J connectivity index is 0.00000324. The summed E-state index contributed by atoms with van der Waals surface area (Å²) in [5.41, 5.74) is 5.35. The van der Waals surface area contributed by atoms with E-state index in [1.54, 1.807) is 0 Å². The van der Waals surface area contributed by atoms with Crippen molar-refractivity contribution in [3.63, 3.8) is 0 Å². The van der Waals surface area contributed by atoms with Gasteiger partial charge in [-0.1, -0.05) is 18.2 Å². The van der Waals surface area contributed by atoms with Gasteiger partial charge in [0.05, 0.1) is 23.3 Å². The molecule has 4 rings (SSSR count). The van der Waals surface area contributed by atoms with Gasteiger partial charge in [-0.25, -0.2) is 19.6 Å². The lowest BCUT2D eigenvalue weighted by Gasteiger charge is -2.12. The van der Waals surface area contributed by atoms with Crippen LogP contribution >= 0.6 is 24.0 Å². The molecule has 0 atom stereocenters. The third-order valence-corrected chi connectivity index (χ3v) is 5.50. The highest BCUT2D eigenvalue weighted by Gasteiger charge is 2.07. The van der Waals surface area contributed by atoms with Crippen LogP contribution in [0.2, 0.25) is 0 Å². The number of aryl methyl sites for hydroxylation is 4. The normalized spacial score (nSPS) is 11.5. The number of imidazole rings is 1. The maximum atomic E-state index is 4.72. The molecular formula is C25H33IN8. The third kappa shape index (κ3) is 6.13. The molecule has 3 heterocycles. The van der Waals surface area contributed by atoms with Crippen LogP contribution in [0.15, 0.2) is 53.7 Å². The summed E-state index contributed by atoms with van der Waals surface area (Å²) in [5, 5.41) is 11.3. The van der Waals surface area contributed by atoms with Gasteiger partial charge in [0.25, 0.3) is 0 Å². The van der Waals surface area contributed by atoms with E-state index in [4.69, 9.17) is 4.99 Å². The summed E-state index contributed by atoms with van der Waals surface area (Å²) in [4.78, 5) is 13.9. The van der Waals surface area contributed by atoms with Gasteiger partial charge in [-0.3, -0.25) is 0 Å². The van der Waals surface area contributed by atoms with E-state index in [0.717, 1.165) is 66.1 Å². The number of nitrogens with one attached hydrogen (secondary N) is 2. The van der Waals surface area contributed by atoms with Gasteiger partial charge in [-0.15, -0.1) is 24.0 Å². The maximum Gasteiger partial charge on any atom is 0.191 e. The SMILES string of the molecule is CCNC(=NCc1ccc(-n2nc(C)cc2C)nc1)NCCCn1c(C)nc2ccccc21.I. The molecule has 0 unspecified atom stereocenters. The van der Waals surface area contributed by atoms with Crippen molar-refractivity contribution in [3.05, 3.63) is 71.4 Å². The van der Waals surface area contributed by atoms with Crippen LogP contribution in [0.1, 0.15) is 36.1 Å². The smallest absolute Gasteiger partial charge is 0.191 e. The van der Waals surface area contributed by atoms with Crippen LogP contribution in [-0.2, 0) is 13.1 Å². The van der Waals surface area contributed by atoms with Crippen molar-refractivity contribution in [3.8, 4) is 5.82 Å². The van der Waals surface area contributed by atoms with E-state index in [9.17, 15) is 0 Å². The Hall–Kier alpha value is -2.95. The minimum absolute atomic E-state index is 0. The van der Waals surface area contributed by atoms with Crippen LogP contribution in [0.5, 0.6) is 0 Å². The number of halogens is 1. The van der Waals surface area contributed by atoms with E-state index in [2.05, 4.69) is 68.4 Å². The number of pyridine rings is 1. The van der Waals surface area contributed by atoms with E-state index in [0.29, 0.717) is 6.54 Å². The van der Waals surface area contributed by atoms with Crippen LogP contribution in [0, 0.1) is 20.8 Å². The first-order valence-corrected chi connectivity index (χ1v) is 11.5. The Morgan fingerprint density at radius 1 is 1.06 bits per heavy atom. The monoisotopic (exact) mass is 572 g/mol. The molecular weight excluding hydrogens is 539 g/mol. The number of nitrogens with zero attached hydrogens (tertiary/aromatic N) is 6. The topological polar surface area (TPSA) is 85.0 Å². The molecule has 34 heavy (non-hydrogen) atoms. The number of hydrogen-bond acceptors (Lipinski definition) is 4. The first kappa shape index (κ1) is 25.7. The summed E-state index contributed by atoms with van der Waals surface area (Å²) < 4.78 is 4.14. The minimum atomic E-state index is 0. The highest BCUT2D eigenvalue weighted by atomic mass is 127. The molecule has 0 aliphatic heterocycles. The molecule has 0 saturated carbocycles. The Labute approximate surface area is 217 Å². The van der Waals surface area contributed by atoms with Gasteiger partial charge < -0.3 is 15.2 Å². The molecule has 0 fully saturated rings. The fourth-order valence-corrected chi connectivity index (χ4v) is 3.93. The molecule has 1 aromatic carbocycles. The number of guanidine groups is 1. The Morgan fingerprint density at radius 2 is 1.88 bits per heavy atom. The first-order valence-electron chi connectivity index (χ1n) is 11.5. The molecule has 0 radical (unpaired) electrons. The fraction of sp³-hybridized carbons (Fsp3) is 0.360. The summed E-state index contributed by atoms with van der Waals surface area (Å²) in [7, 11) is 0. The highest BCUT2D eigenvalue weighted by molar-refractivity contribution is 14.0. The van der Waals surface area contributed by atoms with Crippen LogP contribution < -0.4 is 10.6 Å². The van der Waals surface area contributed by atoms with Crippen molar-refractivity contribution in [1.29, 1.82) is 0 Å². The second-order valence-electron chi connectivity index (χ2n) is 8.14. The number of hydrogen-bond donors (Lipinski definition) is 2. The number of fused-ring (bicyclic) bond motifs is 1. The molecule has 180 valence electrons. The van der Waals surface area contributed by atoms with E-state index >= 15 is 0 Å². The molecule has 0 bridgehead atoms. The van der Waals surface area contributed by atoms with Gasteiger partial charge in [-0.05, 0) is 63.9 Å². The van der Waals surface area contributed by atoms with Gasteiger partial charge in [-0.2, -0.15) is 5.10 Å². The molecule has 0 amide bonds. The molecule has 0 aliphatic carbocycles. The summed E-state index contributed by atoms with van der Waals surface area (Å²) >= 11 is 0. The average molecular weight is 572 g/mol. The van der Waals surface area contributed by atoms with Crippen molar-refractivity contribution in [1.82, 2.24) is 34.9 Å². The number of aromatic nitrogens is 5. The second-order valence-corrected chi connectivity index (χ2v) is 8.14. The maximum absolute atomic E-state index is 4.72. The van der Waals surface area contributed by atoms with E-state index < -0.39 is 0 Å². The van der Waals surface area contributed by atoms with Crippen LogP contribution in [0.4, 0.5) is 0 Å².